The zero-order chi connectivity index (χ0) is 14.5. The number of carbonyl (C=O) groups is 1. The molecule has 0 radical (unpaired) electrons. The van der Waals surface area contributed by atoms with Crippen molar-refractivity contribution in [1.29, 1.82) is 5.26 Å². The molecule has 20 heavy (non-hydrogen) atoms. The van der Waals surface area contributed by atoms with E-state index in [4.69, 9.17) is 5.26 Å². The van der Waals surface area contributed by atoms with Crippen LogP contribution in [0.3, 0.4) is 0 Å². The summed E-state index contributed by atoms with van der Waals surface area (Å²) in [5.74, 6) is -0.369. The first-order chi connectivity index (χ1) is 9.65. The van der Waals surface area contributed by atoms with E-state index in [1.165, 1.54) is 13.2 Å². The Kier molecular flexibility index (Phi) is 4.57. The Balaban J connectivity index is 2.03. The highest BCUT2D eigenvalue weighted by molar-refractivity contribution is 5.69. The average Bonchev–Trinajstić information content (AvgIpc) is 2.47. The van der Waals surface area contributed by atoms with Gasteiger partial charge in [-0.2, -0.15) is 5.26 Å². The third-order valence-corrected chi connectivity index (χ3v) is 3.74. The van der Waals surface area contributed by atoms with Crippen LogP contribution in [0.15, 0.2) is 18.2 Å². The van der Waals surface area contributed by atoms with E-state index in [-0.39, 0.29) is 11.5 Å². The first-order valence-corrected chi connectivity index (χ1v) is 6.66. The molecule has 1 heterocycles. The van der Waals surface area contributed by atoms with Crippen LogP contribution in [0.2, 0.25) is 0 Å². The molecular formula is C15H17FN2O2. The van der Waals surface area contributed by atoms with Crippen molar-refractivity contribution >= 4 is 11.7 Å². The molecule has 1 aromatic rings. The maximum atomic E-state index is 13.6. The number of carbonyl (C=O) groups excluding carboxylic acids is 1. The molecule has 1 fully saturated rings. The van der Waals surface area contributed by atoms with Gasteiger partial charge in [0.25, 0.3) is 0 Å². The first-order valence-electron chi connectivity index (χ1n) is 6.66. The van der Waals surface area contributed by atoms with E-state index in [9.17, 15) is 9.18 Å². The predicted octanol–water partition coefficient (Wildman–Crippen LogP) is 2.48. The molecule has 0 aromatic heterocycles. The van der Waals surface area contributed by atoms with Crippen LogP contribution in [0.1, 0.15) is 24.8 Å². The third-order valence-electron chi connectivity index (χ3n) is 3.74. The van der Waals surface area contributed by atoms with E-state index in [0.717, 1.165) is 25.9 Å². The molecule has 106 valence electrons. The van der Waals surface area contributed by atoms with Gasteiger partial charge in [-0.3, -0.25) is 4.79 Å². The highest BCUT2D eigenvalue weighted by Crippen LogP contribution is 2.28. The molecule has 0 amide bonds. The summed E-state index contributed by atoms with van der Waals surface area (Å²) in [6, 6.07) is 6.60. The number of methoxy groups -OCH3 is 1. The standard InChI is InChI=1S/C15H17FN2O2/c1-20-15(19)9-11-5-7-18(8-6-11)14-4-2-3-13(16)12(14)10-17/h2-4,11H,5-9H2,1H3. The van der Waals surface area contributed by atoms with Crippen molar-refractivity contribution in [3.05, 3.63) is 29.6 Å². The Hall–Kier alpha value is -2.09. The van der Waals surface area contributed by atoms with E-state index in [1.54, 1.807) is 12.1 Å². The van der Waals surface area contributed by atoms with Gasteiger partial charge in [0.1, 0.15) is 17.4 Å². The van der Waals surface area contributed by atoms with E-state index in [0.29, 0.717) is 18.0 Å². The fourth-order valence-electron chi connectivity index (χ4n) is 2.58. The minimum atomic E-state index is -0.485. The third kappa shape index (κ3) is 3.08. The van der Waals surface area contributed by atoms with Crippen LogP contribution in [0.4, 0.5) is 10.1 Å². The number of nitrogens with zero attached hydrogens (tertiary/aromatic N) is 2. The van der Waals surface area contributed by atoms with Gasteiger partial charge in [-0.25, -0.2) is 4.39 Å². The molecule has 2 rings (SSSR count). The lowest BCUT2D eigenvalue weighted by molar-refractivity contribution is -0.141. The summed E-state index contributed by atoms with van der Waals surface area (Å²) in [6.45, 7) is 1.44. The van der Waals surface area contributed by atoms with E-state index < -0.39 is 5.82 Å². The number of piperidine rings is 1. The van der Waals surface area contributed by atoms with Gasteiger partial charge in [-0.1, -0.05) is 6.07 Å². The Bertz CT molecular complexity index is 531. The number of hydrogen-bond donors (Lipinski definition) is 0. The number of rotatable bonds is 3. The topological polar surface area (TPSA) is 53.3 Å². The van der Waals surface area contributed by atoms with Crippen LogP contribution in [-0.4, -0.2) is 26.2 Å². The number of hydrogen-bond acceptors (Lipinski definition) is 4. The number of halogens is 1. The SMILES string of the molecule is COC(=O)CC1CCN(c2cccc(F)c2C#N)CC1. The summed E-state index contributed by atoms with van der Waals surface area (Å²) in [7, 11) is 1.39. The number of ether oxygens (including phenoxy) is 1. The number of anilines is 1. The largest absolute Gasteiger partial charge is 0.469 e. The normalized spacial score (nSPS) is 15.8. The molecule has 1 aliphatic rings. The van der Waals surface area contributed by atoms with Crippen molar-refractivity contribution in [2.45, 2.75) is 19.3 Å². The van der Waals surface area contributed by atoms with Crippen LogP contribution in [0.25, 0.3) is 0 Å². The second-order valence-electron chi connectivity index (χ2n) is 4.96. The molecule has 1 aliphatic heterocycles. The summed E-state index contributed by atoms with van der Waals surface area (Å²) in [4.78, 5) is 13.3. The van der Waals surface area contributed by atoms with E-state index in [1.807, 2.05) is 11.0 Å². The Morgan fingerprint density at radius 3 is 2.80 bits per heavy atom. The summed E-state index contributed by atoms with van der Waals surface area (Å²) in [6.07, 6.45) is 2.12. The van der Waals surface area contributed by atoms with Gasteiger partial charge in [0.05, 0.1) is 12.8 Å². The quantitative estimate of drug-likeness (QED) is 0.796. The van der Waals surface area contributed by atoms with Gasteiger partial charge in [-0.15, -0.1) is 0 Å². The Labute approximate surface area is 117 Å². The lowest BCUT2D eigenvalue weighted by Gasteiger charge is -2.33. The molecule has 0 N–H and O–H groups in total. The minimum Gasteiger partial charge on any atom is -0.469 e. The summed E-state index contributed by atoms with van der Waals surface area (Å²) in [5, 5.41) is 9.05. The van der Waals surface area contributed by atoms with Gasteiger partial charge in [0, 0.05) is 19.5 Å². The number of nitriles is 1. The van der Waals surface area contributed by atoms with Gasteiger partial charge < -0.3 is 9.64 Å². The van der Waals surface area contributed by atoms with Gasteiger partial charge >= 0.3 is 5.97 Å². The maximum absolute atomic E-state index is 13.6. The van der Waals surface area contributed by atoms with Gasteiger partial charge in [0.2, 0.25) is 0 Å². The highest BCUT2D eigenvalue weighted by Gasteiger charge is 2.24. The van der Waals surface area contributed by atoms with Crippen molar-refractivity contribution in [2.75, 3.05) is 25.1 Å². The zero-order valence-electron chi connectivity index (χ0n) is 11.4. The van der Waals surface area contributed by atoms with Crippen LogP contribution in [-0.2, 0) is 9.53 Å². The second-order valence-corrected chi connectivity index (χ2v) is 4.96. The number of esters is 1. The predicted molar refractivity (Wildman–Crippen MR) is 72.7 cm³/mol. The molecule has 4 nitrogen and oxygen atoms in total. The average molecular weight is 276 g/mol. The van der Waals surface area contributed by atoms with Crippen molar-refractivity contribution in [1.82, 2.24) is 0 Å². The van der Waals surface area contributed by atoms with Crippen LogP contribution >= 0.6 is 0 Å². The van der Waals surface area contributed by atoms with Gasteiger partial charge in [0.15, 0.2) is 0 Å². The van der Waals surface area contributed by atoms with Crippen molar-refractivity contribution in [2.24, 2.45) is 5.92 Å². The van der Waals surface area contributed by atoms with E-state index >= 15 is 0 Å². The molecular weight excluding hydrogens is 259 g/mol. The van der Waals surface area contributed by atoms with Crippen molar-refractivity contribution in [3.8, 4) is 6.07 Å². The monoisotopic (exact) mass is 276 g/mol. The van der Waals surface area contributed by atoms with Crippen molar-refractivity contribution < 1.29 is 13.9 Å². The molecule has 1 saturated heterocycles. The summed E-state index contributed by atoms with van der Waals surface area (Å²) in [5.41, 5.74) is 0.739. The van der Waals surface area contributed by atoms with Crippen LogP contribution < -0.4 is 4.90 Å². The fraction of sp³-hybridized carbons (Fsp3) is 0.467. The molecule has 0 aliphatic carbocycles. The lowest BCUT2D eigenvalue weighted by Crippen LogP contribution is -2.35. The molecule has 5 heteroatoms. The summed E-state index contributed by atoms with van der Waals surface area (Å²) < 4.78 is 18.3. The zero-order valence-corrected chi connectivity index (χ0v) is 11.4. The highest BCUT2D eigenvalue weighted by atomic mass is 19.1. The fourth-order valence-corrected chi connectivity index (χ4v) is 2.58. The maximum Gasteiger partial charge on any atom is 0.305 e. The van der Waals surface area contributed by atoms with Crippen molar-refractivity contribution in [3.63, 3.8) is 0 Å². The van der Waals surface area contributed by atoms with Crippen LogP contribution in [0, 0.1) is 23.1 Å². The molecule has 0 saturated carbocycles. The molecule has 0 spiro atoms. The summed E-state index contributed by atoms with van der Waals surface area (Å²) >= 11 is 0. The van der Waals surface area contributed by atoms with Crippen LogP contribution in [0.5, 0.6) is 0 Å². The Morgan fingerprint density at radius 1 is 1.50 bits per heavy atom. The molecule has 0 unspecified atom stereocenters. The van der Waals surface area contributed by atoms with Gasteiger partial charge in [-0.05, 0) is 30.9 Å². The second kappa shape index (κ2) is 6.38. The lowest BCUT2D eigenvalue weighted by atomic mass is 9.93. The molecule has 0 bridgehead atoms. The molecule has 0 atom stereocenters. The minimum absolute atomic E-state index is 0.0962. The smallest absolute Gasteiger partial charge is 0.305 e. The van der Waals surface area contributed by atoms with E-state index in [2.05, 4.69) is 4.74 Å². The Morgan fingerprint density at radius 2 is 2.20 bits per heavy atom. The molecule has 1 aromatic carbocycles. The first kappa shape index (κ1) is 14.3. The number of benzene rings is 1.